The average molecular weight is 426 g/mol. The highest BCUT2D eigenvalue weighted by atomic mass is 16.2. The van der Waals surface area contributed by atoms with Crippen LogP contribution in [0.1, 0.15) is 37.5 Å². The summed E-state index contributed by atoms with van der Waals surface area (Å²) >= 11 is 0. The van der Waals surface area contributed by atoms with Gasteiger partial charge >= 0.3 is 0 Å². The lowest BCUT2D eigenvalue weighted by Crippen LogP contribution is -2.18. The van der Waals surface area contributed by atoms with Gasteiger partial charge < -0.3 is 21.4 Å². The molecule has 0 aliphatic heterocycles. The molecule has 32 heavy (non-hydrogen) atoms. The van der Waals surface area contributed by atoms with Crippen molar-refractivity contribution in [1.82, 2.24) is 9.55 Å². The maximum absolute atomic E-state index is 13.2. The molecule has 0 atom stereocenters. The number of aryl methyl sites for hydroxylation is 1. The average Bonchev–Trinajstić information content (AvgIpc) is 3.12. The van der Waals surface area contributed by atoms with Gasteiger partial charge in [-0.25, -0.2) is 0 Å². The van der Waals surface area contributed by atoms with Gasteiger partial charge in [-0.05, 0) is 48.4 Å². The third-order valence-electron chi connectivity index (χ3n) is 5.16. The lowest BCUT2D eigenvalue weighted by atomic mass is 10.1. The van der Waals surface area contributed by atoms with Crippen molar-refractivity contribution in [3.05, 3.63) is 94.9 Å². The molecule has 0 fully saturated rings. The number of carbonyl (C=O) groups is 2. The molecule has 4 rings (SSSR count). The number of nitrogens with zero attached hydrogens (tertiary/aromatic N) is 2. The number of fused-ring (bicyclic) bond motifs is 1. The van der Waals surface area contributed by atoms with Crippen LogP contribution in [-0.4, -0.2) is 27.2 Å². The van der Waals surface area contributed by atoms with Crippen molar-refractivity contribution in [2.75, 3.05) is 5.32 Å². The highest BCUT2D eigenvalue weighted by Gasteiger charge is 2.17. The van der Waals surface area contributed by atoms with Crippen LogP contribution in [0.5, 0.6) is 0 Å². The second-order valence-corrected chi connectivity index (χ2v) is 7.57. The lowest BCUT2D eigenvalue weighted by Gasteiger charge is -2.12. The zero-order valence-electron chi connectivity index (χ0n) is 17.4. The number of anilines is 1. The van der Waals surface area contributed by atoms with Gasteiger partial charge in [0.15, 0.2) is 0 Å². The molecule has 0 saturated heterocycles. The summed E-state index contributed by atoms with van der Waals surface area (Å²) in [6.07, 6.45) is 3.31. The van der Waals surface area contributed by atoms with E-state index in [1.165, 1.54) is 0 Å². The van der Waals surface area contributed by atoms with Gasteiger partial charge in [0.1, 0.15) is 11.5 Å². The molecule has 0 aliphatic rings. The Morgan fingerprint density at radius 1 is 1.00 bits per heavy atom. The van der Waals surface area contributed by atoms with E-state index in [-0.39, 0.29) is 11.7 Å². The van der Waals surface area contributed by atoms with E-state index < -0.39 is 5.91 Å². The first kappa shape index (κ1) is 20.8. The number of pyridine rings is 1. The van der Waals surface area contributed by atoms with Gasteiger partial charge in [-0.3, -0.25) is 20.0 Å². The van der Waals surface area contributed by atoms with Gasteiger partial charge in [0.2, 0.25) is 5.91 Å². The van der Waals surface area contributed by atoms with Crippen LogP contribution in [0.2, 0.25) is 0 Å². The molecule has 6 N–H and O–H groups in total. The van der Waals surface area contributed by atoms with Crippen molar-refractivity contribution in [3.63, 3.8) is 0 Å². The van der Waals surface area contributed by atoms with E-state index in [1.54, 1.807) is 54.9 Å². The van der Waals surface area contributed by atoms with E-state index in [0.29, 0.717) is 29.1 Å². The summed E-state index contributed by atoms with van der Waals surface area (Å²) in [4.78, 5) is 28.7. The van der Waals surface area contributed by atoms with Crippen molar-refractivity contribution < 1.29 is 9.59 Å². The third kappa shape index (κ3) is 4.20. The summed E-state index contributed by atoms with van der Waals surface area (Å²) in [6.45, 7) is 2.28. The van der Waals surface area contributed by atoms with E-state index in [0.717, 1.165) is 22.0 Å². The van der Waals surface area contributed by atoms with Gasteiger partial charge in [-0.1, -0.05) is 24.3 Å². The van der Waals surface area contributed by atoms with Crippen LogP contribution in [0.15, 0.2) is 67.0 Å². The Morgan fingerprint density at radius 3 is 2.38 bits per heavy atom. The molecule has 2 aromatic carbocycles. The molecule has 160 valence electrons. The van der Waals surface area contributed by atoms with Crippen LogP contribution < -0.4 is 16.8 Å². The van der Waals surface area contributed by atoms with E-state index in [9.17, 15) is 9.59 Å². The number of amidine groups is 1. The second-order valence-electron chi connectivity index (χ2n) is 7.57. The molecule has 2 aromatic heterocycles. The lowest BCUT2D eigenvalue weighted by molar-refractivity contribution is 0.0997. The zero-order chi connectivity index (χ0) is 22.8. The Labute approximate surface area is 184 Å². The van der Waals surface area contributed by atoms with E-state index >= 15 is 0 Å². The fraction of sp³-hybridized carbons (Fsp3) is 0.0833. The van der Waals surface area contributed by atoms with Crippen LogP contribution in [0.25, 0.3) is 10.9 Å². The second kappa shape index (κ2) is 8.35. The summed E-state index contributed by atoms with van der Waals surface area (Å²) in [5.41, 5.74) is 15.6. The summed E-state index contributed by atoms with van der Waals surface area (Å²) in [5.74, 6) is -0.838. The van der Waals surface area contributed by atoms with Gasteiger partial charge in [0.05, 0.1) is 11.9 Å². The predicted molar refractivity (Wildman–Crippen MR) is 124 cm³/mol. The minimum atomic E-state index is -0.499. The fourth-order valence-electron chi connectivity index (χ4n) is 3.56. The molecule has 0 aliphatic carbocycles. The van der Waals surface area contributed by atoms with Crippen LogP contribution in [0.4, 0.5) is 5.69 Å². The monoisotopic (exact) mass is 426 g/mol. The number of nitrogens with two attached hydrogens (primary N) is 2. The summed E-state index contributed by atoms with van der Waals surface area (Å²) < 4.78 is 1.86. The van der Waals surface area contributed by atoms with E-state index in [2.05, 4.69) is 10.3 Å². The molecule has 4 aromatic rings. The highest BCUT2D eigenvalue weighted by Crippen LogP contribution is 2.24. The quantitative estimate of drug-likeness (QED) is 0.278. The Kier molecular flexibility index (Phi) is 5.43. The topological polar surface area (TPSA) is 140 Å². The highest BCUT2D eigenvalue weighted by molar-refractivity contribution is 6.07. The Balaban J connectivity index is 1.77. The Bertz CT molecular complexity index is 1350. The third-order valence-corrected chi connectivity index (χ3v) is 5.16. The van der Waals surface area contributed by atoms with E-state index in [4.69, 9.17) is 16.9 Å². The maximum atomic E-state index is 13.2. The summed E-state index contributed by atoms with van der Waals surface area (Å²) in [5, 5.41) is 11.5. The summed E-state index contributed by atoms with van der Waals surface area (Å²) in [7, 11) is 0. The SMILES string of the molecule is Cc1cncc(NC(=O)c2cc3ccc(C(=N)N)cc3n2Cc2ccc(C(N)=O)cc2)c1. The van der Waals surface area contributed by atoms with Crippen LogP contribution >= 0.6 is 0 Å². The number of primary amides is 1. The van der Waals surface area contributed by atoms with Gasteiger partial charge in [0, 0.05) is 34.8 Å². The number of aromatic nitrogens is 2. The number of hydrogen-bond donors (Lipinski definition) is 4. The fourth-order valence-corrected chi connectivity index (χ4v) is 3.56. The van der Waals surface area contributed by atoms with Gasteiger partial charge in [-0.15, -0.1) is 0 Å². The summed E-state index contributed by atoms with van der Waals surface area (Å²) in [6, 6.07) is 15.9. The van der Waals surface area contributed by atoms with Crippen molar-refractivity contribution in [3.8, 4) is 0 Å². The molecule has 2 heterocycles. The first-order valence-electron chi connectivity index (χ1n) is 9.91. The molecular formula is C24H22N6O2. The first-order valence-corrected chi connectivity index (χ1v) is 9.91. The number of carbonyl (C=O) groups excluding carboxylic acids is 2. The Hall–Kier alpha value is -4.46. The molecule has 0 bridgehead atoms. The minimum Gasteiger partial charge on any atom is -0.384 e. The molecular weight excluding hydrogens is 404 g/mol. The molecule has 2 amide bonds. The molecule has 0 radical (unpaired) electrons. The van der Waals surface area contributed by atoms with Crippen LogP contribution in [0.3, 0.4) is 0 Å². The smallest absolute Gasteiger partial charge is 0.272 e. The first-order chi connectivity index (χ1) is 15.3. The number of nitrogens with one attached hydrogen (secondary N) is 2. The van der Waals surface area contributed by atoms with Gasteiger partial charge in [0.25, 0.3) is 5.91 Å². The largest absolute Gasteiger partial charge is 0.384 e. The molecule has 8 nitrogen and oxygen atoms in total. The maximum Gasteiger partial charge on any atom is 0.272 e. The van der Waals surface area contributed by atoms with Crippen molar-refractivity contribution in [1.29, 1.82) is 5.41 Å². The number of amides is 2. The van der Waals surface area contributed by atoms with E-state index in [1.807, 2.05) is 23.6 Å². The molecule has 8 heteroatoms. The molecule has 0 saturated carbocycles. The van der Waals surface area contributed by atoms with Crippen molar-refractivity contribution in [2.45, 2.75) is 13.5 Å². The number of hydrogen-bond acceptors (Lipinski definition) is 4. The number of benzene rings is 2. The molecule has 0 unspecified atom stereocenters. The van der Waals surface area contributed by atoms with Gasteiger partial charge in [-0.2, -0.15) is 0 Å². The normalized spacial score (nSPS) is 10.8. The zero-order valence-corrected chi connectivity index (χ0v) is 17.4. The number of rotatable bonds is 6. The van der Waals surface area contributed by atoms with Crippen molar-refractivity contribution in [2.24, 2.45) is 11.5 Å². The Morgan fingerprint density at radius 2 is 1.72 bits per heavy atom. The predicted octanol–water partition coefficient (Wildman–Crippen LogP) is 3.03. The minimum absolute atomic E-state index is 0.0534. The standard InChI is InChI=1S/C24H22N6O2/c1-14-8-19(12-28-11-14)29-24(32)21-9-17-6-7-18(22(25)26)10-20(17)30(21)13-15-2-4-16(5-3-15)23(27)31/h2-12H,13H2,1H3,(H3,25,26)(H2,27,31)(H,29,32). The van der Waals surface area contributed by atoms with Crippen LogP contribution in [-0.2, 0) is 6.54 Å². The van der Waals surface area contributed by atoms with Crippen molar-refractivity contribution >= 4 is 34.2 Å². The number of nitrogen functional groups attached to an aromatic ring is 1. The molecule has 0 spiro atoms. The van der Waals surface area contributed by atoms with Crippen LogP contribution in [0, 0.1) is 12.3 Å².